The molecular formula is C13H8BrClF2O. The van der Waals surface area contributed by atoms with Gasteiger partial charge in [0.05, 0.1) is 5.02 Å². The minimum absolute atomic E-state index is 0.0540. The first-order valence-corrected chi connectivity index (χ1v) is 6.26. The molecule has 18 heavy (non-hydrogen) atoms. The van der Waals surface area contributed by atoms with Gasteiger partial charge in [-0.15, -0.1) is 0 Å². The molecule has 0 spiro atoms. The number of ether oxygens (including phenoxy) is 1. The minimum atomic E-state index is -0.888. The maximum Gasteiger partial charge on any atom is 0.165 e. The summed E-state index contributed by atoms with van der Waals surface area (Å²) in [5, 5.41) is 0.493. The van der Waals surface area contributed by atoms with Crippen molar-refractivity contribution in [2.24, 2.45) is 0 Å². The molecular weight excluding hydrogens is 325 g/mol. The lowest BCUT2D eigenvalue weighted by atomic mass is 10.2. The van der Waals surface area contributed by atoms with E-state index in [0.29, 0.717) is 10.8 Å². The van der Waals surface area contributed by atoms with Crippen LogP contribution in [0.3, 0.4) is 0 Å². The minimum Gasteiger partial charge on any atom is -0.489 e. The van der Waals surface area contributed by atoms with Crippen LogP contribution in [0, 0.1) is 11.6 Å². The first-order valence-electron chi connectivity index (χ1n) is 5.08. The van der Waals surface area contributed by atoms with Crippen molar-refractivity contribution in [1.82, 2.24) is 0 Å². The van der Waals surface area contributed by atoms with Crippen molar-refractivity contribution in [3.8, 4) is 5.75 Å². The number of halogens is 4. The van der Waals surface area contributed by atoms with E-state index in [1.54, 1.807) is 18.2 Å². The van der Waals surface area contributed by atoms with Gasteiger partial charge in [0.25, 0.3) is 0 Å². The van der Waals surface area contributed by atoms with Crippen molar-refractivity contribution >= 4 is 27.5 Å². The average Bonchev–Trinajstić information content (AvgIpc) is 2.35. The van der Waals surface area contributed by atoms with Gasteiger partial charge >= 0.3 is 0 Å². The van der Waals surface area contributed by atoms with Gasteiger partial charge in [-0.1, -0.05) is 23.7 Å². The molecule has 0 aliphatic carbocycles. The van der Waals surface area contributed by atoms with E-state index in [1.807, 2.05) is 0 Å². The molecule has 0 aliphatic heterocycles. The van der Waals surface area contributed by atoms with Crippen molar-refractivity contribution in [2.75, 3.05) is 0 Å². The number of rotatable bonds is 3. The molecule has 2 rings (SSSR count). The predicted octanol–water partition coefficient (Wildman–Crippen LogP) is 4.96. The zero-order chi connectivity index (χ0) is 13.1. The summed E-state index contributed by atoms with van der Waals surface area (Å²) in [7, 11) is 0. The molecule has 0 amide bonds. The van der Waals surface area contributed by atoms with Crippen LogP contribution in [-0.4, -0.2) is 0 Å². The monoisotopic (exact) mass is 332 g/mol. The Labute approximate surface area is 116 Å². The Balaban J connectivity index is 2.11. The van der Waals surface area contributed by atoms with Crippen LogP contribution < -0.4 is 4.74 Å². The highest BCUT2D eigenvalue weighted by atomic mass is 79.9. The molecule has 2 aromatic carbocycles. The highest BCUT2D eigenvalue weighted by molar-refractivity contribution is 9.10. The first-order chi connectivity index (χ1) is 8.58. The van der Waals surface area contributed by atoms with Crippen LogP contribution in [0.25, 0.3) is 0 Å². The van der Waals surface area contributed by atoms with Crippen LogP contribution in [0.2, 0.25) is 5.02 Å². The summed E-state index contributed by atoms with van der Waals surface area (Å²) in [6, 6.07) is 8.98. The van der Waals surface area contributed by atoms with E-state index in [1.165, 1.54) is 12.1 Å². The molecule has 0 aliphatic rings. The Morgan fingerprint density at radius 2 is 1.94 bits per heavy atom. The van der Waals surface area contributed by atoms with E-state index < -0.39 is 11.6 Å². The average molecular weight is 334 g/mol. The van der Waals surface area contributed by atoms with Gasteiger partial charge in [0.1, 0.15) is 12.4 Å². The first kappa shape index (κ1) is 13.3. The Hall–Kier alpha value is -1.13. The van der Waals surface area contributed by atoms with Gasteiger partial charge in [0, 0.05) is 10.0 Å². The SMILES string of the molecule is Fc1cccc(COc2ccc(Br)c(Cl)c2)c1F. The summed E-state index contributed by atoms with van der Waals surface area (Å²) in [5.74, 6) is -1.28. The van der Waals surface area contributed by atoms with Gasteiger partial charge < -0.3 is 4.74 Å². The predicted molar refractivity (Wildman–Crippen MR) is 69.8 cm³/mol. The number of hydrogen-bond acceptors (Lipinski definition) is 1. The van der Waals surface area contributed by atoms with Crippen LogP contribution in [-0.2, 0) is 6.61 Å². The largest absolute Gasteiger partial charge is 0.489 e. The third-order valence-electron chi connectivity index (χ3n) is 2.32. The maximum atomic E-state index is 13.4. The molecule has 0 atom stereocenters. The van der Waals surface area contributed by atoms with E-state index in [9.17, 15) is 8.78 Å². The molecule has 0 heterocycles. The second-order valence-corrected chi connectivity index (χ2v) is 4.84. The Morgan fingerprint density at radius 1 is 1.17 bits per heavy atom. The van der Waals surface area contributed by atoms with Crippen LogP contribution in [0.1, 0.15) is 5.56 Å². The van der Waals surface area contributed by atoms with Gasteiger partial charge in [0.15, 0.2) is 11.6 Å². The zero-order valence-corrected chi connectivity index (χ0v) is 11.4. The zero-order valence-electron chi connectivity index (χ0n) is 9.09. The third-order valence-corrected chi connectivity index (χ3v) is 3.55. The molecule has 1 nitrogen and oxygen atoms in total. The van der Waals surface area contributed by atoms with Gasteiger partial charge in [-0.05, 0) is 40.2 Å². The summed E-state index contributed by atoms with van der Waals surface area (Å²) >= 11 is 9.14. The standard InChI is InChI=1S/C13H8BrClF2O/c14-10-5-4-9(6-11(10)15)18-7-8-2-1-3-12(16)13(8)17/h1-6H,7H2. The second-order valence-electron chi connectivity index (χ2n) is 3.58. The summed E-state index contributed by atoms with van der Waals surface area (Å²) in [6.45, 7) is -0.0540. The molecule has 0 radical (unpaired) electrons. The fourth-order valence-electron chi connectivity index (χ4n) is 1.39. The maximum absolute atomic E-state index is 13.4. The highest BCUT2D eigenvalue weighted by Gasteiger charge is 2.08. The fraction of sp³-hybridized carbons (Fsp3) is 0.0769. The van der Waals surface area contributed by atoms with Gasteiger partial charge in [-0.3, -0.25) is 0 Å². The van der Waals surface area contributed by atoms with Crippen molar-refractivity contribution < 1.29 is 13.5 Å². The van der Waals surface area contributed by atoms with E-state index in [2.05, 4.69) is 15.9 Å². The molecule has 0 aromatic heterocycles. The molecule has 5 heteroatoms. The van der Waals surface area contributed by atoms with Crippen molar-refractivity contribution in [3.05, 3.63) is 63.1 Å². The van der Waals surface area contributed by atoms with Crippen LogP contribution >= 0.6 is 27.5 Å². The third kappa shape index (κ3) is 3.00. The van der Waals surface area contributed by atoms with Gasteiger partial charge in [-0.2, -0.15) is 0 Å². The molecule has 0 N–H and O–H groups in total. The molecule has 0 saturated carbocycles. The lowest BCUT2D eigenvalue weighted by Gasteiger charge is -2.08. The Morgan fingerprint density at radius 3 is 2.67 bits per heavy atom. The van der Waals surface area contributed by atoms with Crippen molar-refractivity contribution in [1.29, 1.82) is 0 Å². The molecule has 2 aromatic rings. The van der Waals surface area contributed by atoms with Crippen molar-refractivity contribution in [2.45, 2.75) is 6.61 Å². The van der Waals surface area contributed by atoms with Gasteiger partial charge in [-0.25, -0.2) is 8.78 Å². The molecule has 0 saturated heterocycles. The van der Waals surface area contributed by atoms with Crippen LogP contribution in [0.4, 0.5) is 8.78 Å². The van der Waals surface area contributed by atoms with Crippen LogP contribution in [0.5, 0.6) is 5.75 Å². The number of hydrogen-bond donors (Lipinski definition) is 0. The summed E-state index contributed by atoms with van der Waals surface area (Å²) < 4.78 is 32.4. The normalized spacial score (nSPS) is 10.4. The van der Waals surface area contributed by atoms with E-state index in [-0.39, 0.29) is 12.2 Å². The number of benzene rings is 2. The lowest BCUT2D eigenvalue weighted by Crippen LogP contribution is -2.00. The Bertz CT molecular complexity index is 575. The van der Waals surface area contributed by atoms with Gasteiger partial charge in [0.2, 0.25) is 0 Å². The summed E-state index contributed by atoms with van der Waals surface area (Å²) in [6.07, 6.45) is 0. The quantitative estimate of drug-likeness (QED) is 0.771. The fourth-order valence-corrected chi connectivity index (χ4v) is 1.80. The molecule has 0 fully saturated rings. The van der Waals surface area contributed by atoms with E-state index in [4.69, 9.17) is 16.3 Å². The van der Waals surface area contributed by atoms with E-state index in [0.717, 1.165) is 10.5 Å². The molecule has 0 unspecified atom stereocenters. The topological polar surface area (TPSA) is 9.23 Å². The Kier molecular flexibility index (Phi) is 4.19. The molecule has 94 valence electrons. The highest BCUT2D eigenvalue weighted by Crippen LogP contribution is 2.27. The smallest absolute Gasteiger partial charge is 0.165 e. The van der Waals surface area contributed by atoms with Crippen LogP contribution in [0.15, 0.2) is 40.9 Å². The van der Waals surface area contributed by atoms with E-state index >= 15 is 0 Å². The lowest BCUT2D eigenvalue weighted by molar-refractivity contribution is 0.297. The summed E-state index contributed by atoms with van der Waals surface area (Å²) in [5.41, 5.74) is 0.161. The van der Waals surface area contributed by atoms with Crippen molar-refractivity contribution in [3.63, 3.8) is 0 Å². The molecule has 0 bridgehead atoms. The summed E-state index contributed by atoms with van der Waals surface area (Å²) in [4.78, 5) is 0. The second kappa shape index (κ2) is 5.67.